The summed E-state index contributed by atoms with van der Waals surface area (Å²) >= 11 is 0. The molecule has 2 aromatic carbocycles. The molecule has 0 aliphatic carbocycles. The molecule has 1 N–H and O–H groups in total. The van der Waals surface area contributed by atoms with Crippen LogP contribution >= 0.6 is 0 Å². The second-order valence-electron chi connectivity index (χ2n) is 12.1. The predicted octanol–water partition coefficient (Wildman–Crippen LogP) is 4.37. The smallest absolute Gasteiger partial charge is 0.264 e. The molecule has 2 fully saturated rings. The van der Waals surface area contributed by atoms with Crippen LogP contribution in [-0.2, 0) is 31.3 Å². The standard InChI is InChI=1S/C31H40FN3O5Si/c1-21-29(41(3,4)32)26(19-28(38)34(16-17-36)20-22-10-6-5-7-11-22)40-31(21)24-18-23(35-15-9-8-12-27(35)37)13-14-25(24)33(2)30(31)39/h5-7,10-11,13-14,18,21,26,29,36H,8-9,12,15-17,19-20H2,1-4H3/t21-,26+,29-,31+/m1/s1. The number of rotatable bonds is 8. The summed E-state index contributed by atoms with van der Waals surface area (Å²) in [6.07, 6.45) is 1.33. The molecule has 0 bridgehead atoms. The predicted molar refractivity (Wildman–Crippen MR) is 158 cm³/mol. The lowest BCUT2D eigenvalue weighted by Crippen LogP contribution is -2.44. The summed E-state index contributed by atoms with van der Waals surface area (Å²) < 4.78 is 22.8. The van der Waals surface area contributed by atoms with Crippen LogP contribution in [0.25, 0.3) is 0 Å². The van der Waals surface area contributed by atoms with E-state index in [1.807, 2.05) is 55.5 Å². The normalized spacial score (nSPS) is 26.1. The Kier molecular flexibility index (Phi) is 8.11. The monoisotopic (exact) mass is 581 g/mol. The van der Waals surface area contributed by atoms with Crippen LogP contribution in [0.2, 0.25) is 18.6 Å². The highest BCUT2D eigenvalue weighted by atomic mass is 28.4. The lowest BCUT2D eigenvalue weighted by atomic mass is 9.82. The number of halogens is 1. The van der Waals surface area contributed by atoms with E-state index >= 15 is 4.11 Å². The van der Waals surface area contributed by atoms with Gasteiger partial charge in [-0.2, -0.15) is 0 Å². The first-order chi connectivity index (χ1) is 19.5. The van der Waals surface area contributed by atoms with Crippen molar-refractivity contribution in [3.05, 3.63) is 59.7 Å². The Morgan fingerprint density at radius 3 is 2.56 bits per heavy atom. The average molecular weight is 582 g/mol. The van der Waals surface area contributed by atoms with Crippen molar-refractivity contribution in [2.75, 3.05) is 36.5 Å². The molecule has 2 aromatic rings. The zero-order valence-corrected chi connectivity index (χ0v) is 25.3. The third-order valence-corrected chi connectivity index (χ3v) is 11.5. The molecule has 220 valence electrons. The van der Waals surface area contributed by atoms with Gasteiger partial charge in [0.1, 0.15) is 0 Å². The second kappa shape index (κ2) is 11.3. The Labute approximate surface area is 242 Å². The van der Waals surface area contributed by atoms with Crippen LogP contribution in [0.15, 0.2) is 48.5 Å². The molecule has 0 radical (unpaired) electrons. The van der Waals surface area contributed by atoms with Crippen molar-refractivity contribution in [2.24, 2.45) is 5.92 Å². The number of likely N-dealkylation sites (N-methyl/N-ethyl adjacent to an activating group) is 1. The molecule has 0 unspecified atom stereocenters. The summed E-state index contributed by atoms with van der Waals surface area (Å²) in [5, 5.41) is 9.68. The number of aliphatic hydroxyl groups is 1. The van der Waals surface area contributed by atoms with E-state index in [0.717, 1.165) is 18.4 Å². The van der Waals surface area contributed by atoms with E-state index in [1.165, 1.54) is 0 Å². The lowest BCUT2D eigenvalue weighted by molar-refractivity contribution is -0.149. The third-order valence-electron chi connectivity index (χ3n) is 9.02. The Balaban J connectivity index is 1.50. The van der Waals surface area contributed by atoms with Gasteiger partial charge in [-0.15, -0.1) is 0 Å². The minimum absolute atomic E-state index is 0.0457. The van der Waals surface area contributed by atoms with Crippen molar-refractivity contribution in [2.45, 2.75) is 69.5 Å². The fraction of sp³-hybridized carbons (Fsp3) is 0.516. The van der Waals surface area contributed by atoms with Gasteiger partial charge in [-0.3, -0.25) is 14.4 Å². The van der Waals surface area contributed by atoms with Crippen LogP contribution < -0.4 is 9.80 Å². The Morgan fingerprint density at radius 2 is 1.90 bits per heavy atom. The molecule has 4 atom stereocenters. The summed E-state index contributed by atoms with van der Waals surface area (Å²) in [5.41, 5.74) is 0.851. The number of piperidine rings is 1. The highest BCUT2D eigenvalue weighted by Gasteiger charge is 2.66. The molecule has 2 saturated heterocycles. The lowest BCUT2D eigenvalue weighted by Gasteiger charge is -2.32. The van der Waals surface area contributed by atoms with E-state index in [1.54, 1.807) is 34.8 Å². The quantitative estimate of drug-likeness (QED) is 0.370. The summed E-state index contributed by atoms with van der Waals surface area (Å²) in [7, 11) is -1.76. The van der Waals surface area contributed by atoms with Gasteiger partial charge < -0.3 is 28.7 Å². The summed E-state index contributed by atoms with van der Waals surface area (Å²) in [5.74, 6) is -1.02. The largest absolute Gasteiger partial charge is 0.395 e. The van der Waals surface area contributed by atoms with Crippen LogP contribution in [0.5, 0.6) is 0 Å². The topological polar surface area (TPSA) is 90.4 Å². The minimum Gasteiger partial charge on any atom is -0.395 e. The molecular weight excluding hydrogens is 541 g/mol. The Morgan fingerprint density at radius 1 is 1.17 bits per heavy atom. The van der Waals surface area contributed by atoms with Crippen molar-refractivity contribution in [3.8, 4) is 0 Å². The van der Waals surface area contributed by atoms with Crippen molar-refractivity contribution in [3.63, 3.8) is 0 Å². The minimum atomic E-state index is -3.45. The van der Waals surface area contributed by atoms with Crippen LogP contribution in [0.4, 0.5) is 15.5 Å². The van der Waals surface area contributed by atoms with E-state index in [2.05, 4.69) is 0 Å². The van der Waals surface area contributed by atoms with Gasteiger partial charge in [-0.05, 0) is 49.7 Å². The maximum Gasteiger partial charge on any atom is 0.264 e. The number of ether oxygens (including phenoxy) is 1. The molecule has 5 rings (SSSR count). The Hall–Kier alpha value is -3.08. The number of aliphatic hydroxyl groups excluding tert-OH is 1. The number of carbonyl (C=O) groups excluding carboxylic acids is 3. The maximum absolute atomic E-state index is 16.1. The third kappa shape index (κ3) is 5.21. The van der Waals surface area contributed by atoms with E-state index in [-0.39, 0.29) is 37.3 Å². The number of nitrogens with zero attached hydrogens (tertiary/aromatic N) is 3. The molecular formula is C31H40FN3O5Si. The van der Waals surface area contributed by atoms with Gasteiger partial charge in [0.2, 0.25) is 20.2 Å². The van der Waals surface area contributed by atoms with Crippen LogP contribution in [0.3, 0.4) is 0 Å². The number of carbonyl (C=O) groups is 3. The van der Waals surface area contributed by atoms with Crippen LogP contribution in [0, 0.1) is 5.92 Å². The zero-order chi connectivity index (χ0) is 29.5. The fourth-order valence-corrected chi connectivity index (χ4v) is 9.60. The fourth-order valence-electron chi connectivity index (χ4n) is 7.11. The number of hydrogen-bond acceptors (Lipinski definition) is 5. The van der Waals surface area contributed by atoms with Crippen molar-refractivity contribution >= 4 is 37.5 Å². The maximum atomic E-state index is 16.1. The molecule has 3 aliphatic rings. The SMILES string of the molecule is C[C@@H]1[C@@H]([Si](C)(C)F)[C@H](CC(=O)N(CCO)Cc2ccccc2)O[C@@]12C(=O)N(C)c1ccc(N3CCCCC3=O)cc12. The van der Waals surface area contributed by atoms with Crippen LogP contribution in [-0.4, -0.2) is 69.0 Å². The molecule has 0 aromatic heterocycles. The summed E-state index contributed by atoms with van der Waals surface area (Å²) in [6, 6.07) is 15.1. The van der Waals surface area contributed by atoms with Gasteiger partial charge in [0.05, 0.1) is 24.8 Å². The molecule has 1 spiro atoms. The van der Waals surface area contributed by atoms with Crippen LogP contribution in [0.1, 0.15) is 43.7 Å². The number of anilines is 2. The van der Waals surface area contributed by atoms with Gasteiger partial charge in [-0.25, -0.2) is 0 Å². The summed E-state index contributed by atoms with van der Waals surface area (Å²) in [4.78, 5) is 45.3. The first-order valence-electron chi connectivity index (χ1n) is 14.5. The molecule has 3 amide bonds. The van der Waals surface area contributed by atoms with Crippen molar-refractivity contribution in [1.29, 1.82) is 0 Å². The first kappa shape index (κ1) is 29.4. The molecule has 8 nitrogen and oxygen atoms in total. The first-order valence-corrected chi connectivity index (χ1v) is 17.5. The molecule has 41 heavy (non-hydrogen) atoms. The highest BCUT2D eigenvalue weighted by Crippen LogP contribution is 2.60. The van der Waals surface area contributed by atoms with E-state index in [0.29, 0.717) is 36.4 Å². The van der Waals surface area contributed by atoms with Gasteiger partial charge in [0, 0.05) is 55.8 Å². The summed E-state index contributed by atoms with van der Waals surface area (Å²) in [6.45, 7) is 5.93. The van der Waals surface area contributed by atoms with Gasteiger partial charge in [0.25, 0.3) is 5.91 Å². The molecule has 0 saturated carbocycles. The second-order valence-corrected chi connectivity index (χ2v) is 15.9. The van der Waals surface area contributed by atoms with Gasteiger partial charge >= 0.3 is 0 Å². The van der Waals surface area contributed by atoms with Gasteiger partial charge in [-0.1, -0.05) is 37.3 Å². The number of amides is 3. The average Bonchev–Trinajstić information content (AvgIpc) is 3.35. The molecule has 3 aliphatic heterocycles. The van der Waals surface area contributed by atoms with Crippen molar-refractivity contribution < 1.29 is 28.3 Å². The van der Waals surface area contributed by atoms with Gasteiger partial charge in [0.15, 0.2) is 5.60 Å². The highest BCUT2D eigenvalue weighted by molar-refractivity contribution is 6.72. The van der Waals surface area contributed by atoms with E-state index in [9.17, 15) is 19.5 Å². The molecule has 3 heterocycles. The van der Waals surface area contributed by atoms with Crippen molar-refractivity contribution in [1.82, 2.24) is 4.90 Å². The van der Waals surface area contributed by atoms with E-state index in [4.69, 9.17) is 4.74 Å². The number of benzene rings is 2. The zero-order valence-electron chi connectivity index (χ0n) is 24.3. The van der Waals surface area contributed by atoms with E-state index < -0.39 is 31.6 Å². The number of fused-ring (bicyclic) bond motifs is 2. The number of hydrogen-bond donors (Lipinski definition) is 1. The molecule has 10 heteroatoms. The Bertz CT molecular complexity index is 1320.